The maximum absolute atomic E-state index is 13.0. The topological polar surface area (TPSA) is 88.0 Å². The van der Waals surface area contributed by atoms with Crippen molar-refractivity contribution < 1.29 is 4.79 Å². The summed E-state index contributed by atoms with van der Waals surface area (Å²) in [5.41, 5.74) is 5.09. The lowest BCUT2D eigenvalue weighted by Crippen LogP contribution is -2.50. The van der Waals surface area contributed by atoms with Crippen LogP contribution in [0.5, 0.6) is 0 Å². The number of hydrogen-bond donors (Lipinski definition) is 2. The van der Waals surface area contributed by atoms with Gasteiger partial charge < -0.3 is 15.5 Å². The second kappa shape index (κ2) is 9.70. The van der Waals surface area contributed by atoms with Gasteiger partial charge in [-0.25, -0.2) is 9.97 Å². The normalized spacial score (nSPS) is 14.7. The lowest BCUT2D eigenvalue weighted by molar-refractivity contribution is 0.0874. The zero-order valence-corrected chi connectivity index (χ0v) is 20.1. The highest BCUT2D eigenvalue weighted by Gasteiger charge is 2.25. The molecule has 0 saturated carbocycles. The average Bonchev–Trinajstić information content (AvgIpc) is 3.10. The molecule has 0 aliphatic carbocycles. The smallest absolute Gasteiger partial charge is 0.269 e. The Morgan fingerprint density at radius 1 is 1.09 bits per heavy atom. The SMILES string of the molecule is Cc1cc(C)cc(Nc2nccc(-c3cc(C(=O)NC(CN4CCC4)C(C)C)n(C)n3)n2)c1. The minimum absolute atomic E-state index is 0.101. The summed E-state index contributed by atoms with van der Waals surface area (Å²) in [5.74, 6) is 0.727. The highest BCUT2D eigenvalue weighted by molar-refractivity contribution is 5.93. The first-order chi connectivity index (χ1) is 15.8. The van der Waals surface area contributed by atoms with Gasteiger partial charge in [-0.1, -0.05) is 19.9 Å². The van der Waals surface area contributed by atoms with Gasteiger partial charge in [0.25, 0.3) is 5.91 Å². The Labute approximate surface area is 195 Å². The van der Waals surface area contributed by atoms with Crippen molar-refractivity contribution in [1.29, 1.82) is 0 Å². The van der Waals surface area contributed by atoms with Crippen molar-refractivity contribution in [2.45, 2.75) is 40.2 Å². The van der Waals surface area contributed by atoms with Crippen LogP contribution in [0.4, 0.5) is 11.6 Å². The molecule has 174 valence electrons. The highest BCUT2D eigenvalue weighted by Crippen LogP contribution is 2.21. The predicted molar refractivity (Wildman–Crippen MR) is 131 cm³/mol. The van der Waals surface area contributed by atoms with E-state index >= 15 is 0 Å². The molecule has 2 aromatic heterocycles. The van der Waals surface area contributed by atoms with Gasteiger partial charge in [0.15, 0.2) is 0 Å². The van der Waals surface area contributed by atoms with Gasteiger partial charge in [0.2, 0.25) is 5.95 Å². The Kier molecular flexibility index (Phi) is 6.74. The van der Waals surface area contributed by atoms with Crippen molar-refractivity contribution in [3.63, 3.8) is 0 Å². The maximum atomic E-state index is 13.0. The molecule has 1 aliphatic rings. The van der Waals surface area contributed by atoms with E-state index < -0.39 is 0 Å². The van der Waals surface area contributed by atoms with Crippen LogP contribution in [-0.2, 0) is 7.05 Å². The van der Waals surface area contributed by atoms with Crippen LogP contribution in [0.1, 0.15) is 41.9 Å². The molecular formula is C25H33N7O. The number of carbonyl (C=O) groups is 1. The molecule has 1 amide bonds. The molecule has 1 atom stereocenters. The zero-order valence-electron chi connectivity index (χ0n) is 20.1. The number of likely N-dealkylation sites (tertiary alicyclic amines) is 1. The molecule has 1 aliphatic heterocycles. The summed E-state index contributed by atoms with van der Waals surface area (Å²) in [5, 5.41) is 11.0. The van der Waals surface area contributed by atoms with Crippen LogP contribution < -0.4 is 10.6 Å². The number of anilines is 2. The highest BCUT2D eigenvalue weighted by atomic mass is 16.2. The summed E-state index contributed by atoms with van der Waals surface area (Å²) in [4.78, 5) is 24.4. The lowest BCUT2D eigenvalue weighted by Gasteiger charge is -2.35. The first-order valence-corrected chi connectivity index (χ1v) is 11.5. The second-order valence-corrected chi connectivity index (χ2v) is 9.28. The summed E-state index contributed by atoms with van der Waals surface area (Å²) < 4.78 is 1.62. The molecule has 0 bridgehead atoms. The van der Waals surface area contributed by atoms with E-state index in [0.29, 0.717) is 28.9 Å². The fourth-order valence-corrected chi connectivity index (χ4v) is 4.05. The number of rotatable bonds is 8. The predicted octanol–water partition coefficient (Wildman–Crippen LogP) is 3.70. The van der Waals surface area contributed by atoms with Crippen molar-refractivity contribution in [2.75, 3.05) is 25.0 Å². The molecule has 8 heteroatoms. The maximum Gasteiger partial charge on any atom is 0.269 e. The summed E-state index contributed by atoms with van der Waals surface area (Å²) in [7, 11) is 1.79. The number of hydrogen-bond acceptors (Lipinski definition) is 6. The molecule has 0 radical (unpaired) electrons. The second-order valence-electron chi connectivity index (χ2n) is 9.28. The van der Waals surface area contributed by atoms with Crippen LogP contribution >= 0.6 is 0 Å². The largest absolute Gasteiger partial charge is 0.346 e. The molecule has 8 nitrogen and oxygen atoms in total. The quantitative estimate of drug-likeness (QED) is 0.548. The van der Waals surface area contributed by atoms with Crippen molar-refractivity contribution >= 4 is 17.5 Å². The van der Waals surface area contributed by atoms with Crippen LogP contribution in [0.15, 0.2) is 36.5 Å². The fourth-order valence-electron chi connectivity index (χ4n) is 4.05. The van der Waals surface area contributed by atoms with Crippen molar-refractivity contribution in [3.05, 3.63) is 53.3 Å². The van der Waals surface area contributed by atoms with Gasteiger partial charge in [-0.2, -0.15) is 5.10 Å². The summed E-state index contributed by atoms with van der Waals surface area (Å²) in [6, 6.07) is 9.92. The number of nitrogens with one attached hydrogen (secondary N) is 2. The van der Waals surface area contributed by atoms with E-state index in [0.717, 1.165) is 25.3 Å². The van der Waals surface area contributed by atoms with Crippen LogP contribution in [-0.4, -0.2) is 56.2 Å². The van der Waals surface area contributed by atoms with Crippen molar-refractivity contribution in [3.8, 4) is 11.4 Å². The molecule has 1 aromatic carbocycles. The van der Waals surface area contributed by atoms with Gasteiger partial charge in [-0.05, 0) is 74.7 Å². The molecular weight excluding hydrogens is 414 g/mol. The number of amides is 1. The zero-order chi connectivity index (χ0) is 23.5. The minimum atomic E-state index is -0.113. The number of carbonyl (C=O) groups excluding carboxylic acids is 1. The van der Waals surface area contributed by atoms with Gasteiger partial charge in [0.1, 0.15) is 11.4 Å². The molecule has 33 heavy (non-hydrogen) atoms. The van der Waals surface area contributed by atoms with Crippen LogP contribution in [0.25, 0.3) is 11.4 Å². The van der Waals surface area contributed by atoms with Crippen LogP contribution in [0.2, 0.25) is 0 Å². The molecule has 2 N–H and O–H groups in total. The summed E-state index contributed by atoms with van der Waals surface area (Å²) in [6.45, 7) is 11.5. The van der Waals surface area contributed by atoms with Crippen molar-refractivity contribution in [2.24, 2.45) is 13.0 Å². The lowest BCUT2D eigenvalue weighted by atomic mass is 10.0. The van der Waals surface area contributed by atoms with Crippen LogP contribution in [0, 0.1) is 19.8 Å². The molecule has 1 fully saturated rings. The molecule has 3 aromatic rings. The van der Waals surface area contributed by atoms with E-state index in [4.69, 9.17) is 0 Å². The summed E-state index contributed by atoms with van der Waals surface area (Å²) in [6.07, 6.45) is 2.94. The standard InChI is InChI=1S/C25H33N7O/c1-16(2)22(15-32-9-6-10-32)28-24(33)23-14-21(30-31(23)5)20-7-8-26-25(29-20)27-19-12-17(3)11-18(4)13-19/h7-8,11-14,16,22H,6,9-10,15H2,1-5H3,(H,28,33)(H,26,27,29). The van der Waals surface area contributed by atoms with Gasteiger partial charge in [0.05, 0.1) is 5.69 Å². The van der Waals surface area contributed by atoms with E-state index in [1.165, 1.54) is 17.5 Å². The Bertz CT molecular complexity index is 1110. The number of benzene rings is 1. The average molecular weight is 448 g/mol. The van der Waals surface area contributed by atoms with E-state index in [1.54, 1.807) is 30.1 Å². The van der Waals surface area contributed by atoms with Crippen molar-refractivity contribution in [1.82, 2.24) is 30.0 Å². The van der Waals surface area contributed by atoms with E-state index in [9.17, 15) is 4.79 Å². The Morgan fingerprint density at radius 2 is 1.82 bits per heavy atom. The van der Waals surface area contributed by atoms with Gasteiger partial charge >= 0.3 is 0 Å². The summed E-state index contributed by atoms with van der Waals surface area (Å²) >= 11 is 0. The molecule has 4 rings (SSSR count). The Balaban J connectivity index is 1.50. The van der Waals surface area contributed by atoms with Crippen LogP contribution in [0.3, 0.4) is 0 Å². The third-order valence-electron chi connectivity index (χ3n) is 6.03. The number of aryl methyl sites for hydroxylation is 3. The monoisotopic (exact) mass is 447 g/mol. The fraction of sp³-hybridized carbons (Fsp3) is 0.440. The Morgan fingerprint density at radius 3 is 2.45 bits per heavy atom. The third kappa shape index (κ3) is 5.57. The van der Waals surface area contributed by atoms with Gasteiger partial charge in [0, 0.05) is 31.5 Å². The molecule has 3 heterocycles. The Hall–Kier alpha value is -3.26. The van der Waals surface area contributed by atoms with E-state index in [1.807, 2.05) is 0 Å². The molecule has 1 unspecified atom stereocenters. The molecule has 1 saturated heterocycles. The first-order valence-electron chi connectivity index (χ1n) is 11.5. The first kappa shape index (κ1) is 22.9. The van der Waals surface area contributed by atoms with E-state index in [-0.39, 0.29) is 11.9 Å². The molecule has 0 spiro atoms. The van der Waals surface area contributed by atoms with Gasteiger partial charge in [-0.15, -0.1) is 0 Å². The van der Waals surface area contributed by atoms with E-state index in [2.05, 4.69) is 76.5 Å². The third-order valence-corrected chi connectivity index (χ3v) is 6.03. The number of aromatic nitrogens is 4. The number of nitrogens with zero attached hydrogens (tertiary/aromatic N) is 5. The minimum Gasteiger partial charge on any atom is -0.346 e. The van der Waals surface area contributed by atoms with Gasteiger partial charge in [-0.3, -0.25) is 9.48 Å².